The van der Waals surface area contributed by atoms with Crippen LogP contribution >= 0.6 is 34.4 Å². The Morgan fingerprint density at radius 2 is 2.22 bits per heavy atom. The molecule has 3 heterocycles. The summed E-state index contributed by atoms with van der Waals surface area (Å²) in [6.45, 7) is 4.23. The summed E-state index contributed by atoms with van der Waals surface area (Å²) in [5, 5.41) is 13.2. The highest BCUT2D eigenvalue weighted by Crippen LogP contribution is 2.36. The molecule has 142 valence electrons. The van der Waals surface area contributed by atoms with Gasteiger partial charge in [-0.3, -0.25) is 14.9 Å². The lowest BCUT2D eigenvalue weighted by Gasteiger charge is -2.17. The van der Waals surface area contributed by atoms with Crippen LogP contribution in [-0.2, 0) is 24.1 Å². The molecular weight excluding hydrogens is 402 g/mol. The fraction of sp³-hybridized carbons (Fsp3) is 0.471. The molecule has 3 aromatic rings. The minimum absolute atomic E-state index is 0.105. The Labute approximate surface area is 168 Å². The molecule has 2 N–H and O–H groups in total. The zero-order valence-electron chi connectivity index (χ0n) is 15.0. The number of thiophene rings is 1. The van der Waals surface area contributed by atoms with Crippen LogP contribution < -0.4 is 10.9 Å². The number of anilines is 1. The lowest BCUT2D eigenvalue weighted by Crippen LogP contribution is -2.16. The van der Waals surface area contributed by atoms with Gasteiger partial charge in [-0.15, -0.1) is 21.5 Å². The van der Waals surface area contributed by atoms with Crippen molar-refractivity contribution in [1.29, 1.82) is 0 Å². The highest BCUT2D eigenvalue weighted by molar-refractivity contribution is 7.99. The molecule has 1 aliphatic rings. The third-order valence-corrected chi connectivity index (χ3v) is 7.50. The maximum atomic E-state index is 12.6. The average molecular weight is 422 g/mol. The van der Waals surface area contributed by atoms with Gasteiger partial charge in [-0.05, 0) is 37.2 Å². The topological polar surface area (TPSA) is 101 Å². The summed E-state index contributed by atoms with van der Waals surface area (Å²) in [6.07, 6.45) is 3.86. The number of nitrogens with zero attached hydrogens (tertiary/aromatic N) is 3. The van der Waals surface area contributed by atoms with Gasteiger partial charge in [-0.1, -0.05) is 36.9 Å². The molecule has 3 aromatic heterocycles. The van der Waals surface area contributed by atoms with Crippen LogP contribution in [0.4, 0.5) is 5.13 Å². The molecule has 4 rings (SSSR count). The fourth-order valence-electron chi connectivity index (χ4n) is 3.13. The number of thioether (sulfide) groups is 1. The van der Waals surface area contributed by atoms with Crippen molar-refractivity contribution < 1.29 is 4.79 Å². The van der Waals surface area contributed by atoms with E-state index in [4.69, 9.17) is 0 Å². The maximum absolute atomic E-state index is 12.6. The van der Waals surface area contributed by atoms with Gasteiger partial charge < -0.3 is 4.98 Å². The number of aromatic nitrogens is 4. The lowest BCUT2D eigenvalue weighted by atomic mass is 9.89. The van der Waals surface area contributed by atoms with Crippen LogP contribution in [0.5, 0.6) is 0 Å². The number of H-pyrrole nitrogens is 1. The van der Waals surface area contributed by atoms with Crippen LogP contribution in [0.2, 0.25) is 0 Å². The van der Waals surface area contributed by atoms with E-state index in [0.29, 0.717) is 16.2 Å². The molecule has 0 aliphatic heterocycles. The summed E-state index contributed by atoms with van der Waals surface area (Å²) >= 11 is 4.20. The van der Waals surface area contributed by atoms with Crippen molar-refractivity contribution in [3.63, 3.8) is 0 Å². The molecule has 10 heteroatoms. The van der Waals surface area contributed by atoms with E-state index in [1.807, 2.05) is 6.92 Å². The summed E-state index contributed by atoms with van der Waals surface area (Å²) in [6, 6.07) is 0. The molecule has 27 heavy (non-hydrogen) atoms. The van der Waals surface area contributed by atoms with E-state index < -0.39 is 0 Å². The van der Waals surface area contributed by atoms with Crippen molar-refractivity contribution in [2.75, 3.05) is 11.1 Å². The van der Waals surface area contributed by atoms with E-state index in [1.54, 1.807) is 11.3 Å². The van der Waals surface area contributed by atoms with E-state index in [0.717, 1.165) is 40.9 Å². The molecule has 0 fully saturated rings. The van der Waals surface area contributed by atoms with Crippen molar-refractivity contribution in [1.82, 2.24) is 20.2 Å². The van der Waals surface area contributed by atoms with Crippen LogP contribution in [0.25, 0.3) is 10.2 Å². The second kappa shape index (κ2) is 7.69. The number of hydrogen-bond acceptors (Lipinski definition) is 8. The normalized spacial score (nSPS) is 16.4. The predicted molar refractivity (Wildman–Crippen MR) is 110 cm³/mol. The molecule has 0 spiro atoms. The SMILES string of the molecule is CCc1nnc(NC(=O)CSc2nc3sc4c(c3c(=O)[nH]2)CC[C@H](C)C4)s1. The number of carbonyl (C=O) groups excluding carboxylic acids is 1. The first-order chi connectivity index (χ1) is 13.0. The van der Waals surface area contributed by atoms with Gasteiger partial charge in [0, 0.05) is 4.88 Å². The Kier molecular flexibility index (Phi) is 5.29. The molecular formula is C17H19N5O2S3. The van der Waals surface area contributed by atoms with E-state index in [1.165, 1.54) is 33.5 Å². The van der Waals surface area contributed by atoms with Crippen molar-refractivity contribution in [3.8, 4) is 0 Å². The zero-order valence-corrected chi connectivity index (χ0v) is 17.4. The van der Waals surface area contributed by atoms with Crippen LogP contribution in [-0.4, -0.2) is 31.8 Å². The summed E-state index contributed by atoms with van der Waals surface area (Å²) in [7, 11) is 0. The summed E-state index contributed by atoms with van der Waals surface area (Å²) < 4.78 is 0. The standard InChI is InChI=1S/C17H19N5O2S3/c1-3-12-21-22-17(27-12)18-11(23)7-25-16-19-14(24)13-9-5-4-8(2)6-10(9)26-15(13)20-16/h8H,3-7H2,1-2H3,(H,18,22,23)(H,19,20,24)/t8-/m0/s1. The quantitative estimate of drug-likeness (QED) is 0.484. The van der Waals surface area contributed by atoms with Crippen molar-refractivity contribution in [2.24, 2.45) is 5.92 Å². The smallest absolute Gasteiger partial charge is 0.260 e. The van der Waals surface area contributed by atoms with Crippen LogP contribution in [0.15, 0.2) is 9.95 Å². The number of hydrogen-bond donors (Lipinski definition) is 2. The Balaban J connectivity index is 1.47. The largest absolute Gasteiger partial charge is 0.301 e. The van der Waals surface area contributed by atoms with Crippen molar-refractivity contribution in [2.45, 2.75) is 44.7 Å². The second-order valence-electron chi connectivity index (χ2n) is 6.59. The molecule has 0 aromatic carbocycles. The number of aromatic amines is 1. The number of rotatable bonds is 5. The molecule has 0 saturated heterocycles. The number of carbonyl (C=O) groups is 1. The van der Waals surface area contributed by atoms with E-state index >= 15 is 0 Å². The second-order valence-corrected chi connectivity index (χ2v) is 9.70. The predicted octanol–water partition coefficient (Wildman–Crippen LogP) is 3.25. The highest BCUT2D eigenvalue weighted by atomic mass is 32.2. The van der Waals surface area contributed by atoms with Crippen LogP contribution in [0, 0.1) is 5.92 Å². The maximum Gasteiger partial charge on any atom is 0.260 e. The third-order valence-electron chi connectivity index (χ3n) is 4.50. The summed E-state index contributed by atoms with van der Waals surface area (Å²) in [5.41, 5.74) is 1.06. The zero-order chi connectivity index (χ0) is 19.0. The first-order valence-electron chi connectivity index (χ1n) is 8.83. The van der Waals surface area contributed by atoms with E-state index in [9.17, 15) is 9.59 Å². The van der Waals surface area contributed by atoms with Crippen LogP contribution in [0.3, 0.4) is 0 Å². The summed E-state index contributed by atoms with van der Waals surface area (Å²) in [5.74, 6) is 0.606. The molecule has 0 radical (unpaired) electrons. The number of fused-ring (bicyclic) bond motifs is 3. The van der Waals surface area contributed by atoms with Gasteiger partial charge in [0.05, 0.1) is 11.1 Å². The van der Waals surface area contributed by atoms with Crippen LogP contribution in [0.1, 0.15) is 35.7 Å². The Bertz CT molecular complexity index is 1050. The Hall–Kier alpha value is -1.78. The Morgan fingerprint density at radius 3 is 3.00 bits per heavy atom. The Morgan fingerprint density at radius 1 is 1.37 bits per heavy atom. The first kappa shape index (κ1) is 18.6. The lowest BCUT2D eigenvalue weighted by molar-refractivity contribution is -0.113. The molecule has 0 bridgehead atoms. The molecule has 1 amide bonds. The number of nitrogens with one attached hydrogen (secondary N) is 2. The molecule has 7 nitrogen and oxygen atoms in total. The van der Waals surface area contributed by atoms with Gasteiger partial charge in [0.2, 0.25) is 11.0 Å². The van der Waals surface area contributed by atoms with E-state index in [2.05, 4.69) is 32.4 Å². The van der Waals surface area contributed by atoms with Gasteiger partial charge >= 0.3 is 0 Å². The van der Waals surface area contributed by atoms with Crippen molar-refractivity contribution in [3.05, 3.63) is 25.8 Å². The monoisotopic (exact) mass is 421 g/mol. The minimum Gasteiger partial charge on any atom is -0.301 e. The molecule has 1 atom stereocenters. The molecule has 1 aliphatic carbocycles. The molecule has 0 unspecified atom stereocenters. The molecule has 0 saturated carbocycles. The number of aryl methyl sites for hydroxylation is 2. The third kappa shape index (κ3) is 3.92. The van der Waals surface area contributed by atoms with Crippen molar-refractivity contribution >= 4 is 55.7 Å². The van der Waals surface area contributed by atoms with Gasteiger partial charge in [-0.2, -0.15) is 0 Å². The first-order valence-corrected chi connectivity index (χ1v) is 11.4. The average Bonchev–Trinajstić information content (AvgIpc) is 3.23. The van der Waals surface area contributed by atoms with Gasteiger partial charge in [-0.25, -0.2) is 4.98 Å². The highest BCUT2D eigenvalue weighted by Gasteiger charge is 2.23. The number of amides is 1. The minimum atomic E-state index is -0.194. The van der Waals surface area contributed by atoms with Gasteiger partial charge in [0.25, 0.3) is 5.56 Å². The van der Waals surface area contributed by atoms with Gasteiger partial charge in [0.1, 0.15) is 9.84 Å². The van der Waals surface area contributed by atoms with E-state index in [-0.39, 0.29) is 17.2 Å². The van der Waals surface area contributed by atoms with Gasteiger partial charge in [0.15, 0.2) is 5.16 Å². The summed E-state index contributed by atoms with van der Waals surface area (Å²) in [4.78, 5) is 34.2. The fourth-order valence-corrected chi connectivity index (χ4v) is 5.93.